The SMILES string of the molecule is CCNC(=O)C1(Cc2ccccc2)CN(C(=O)C2CCc3nn(C)c(=O)n3C2)C1. The molecule has 0 spiro atoms. The molecule has 154 valence electrons. The first-order chi connectivity index (χ1) is 13.9. The van der Waals surface area contributed by atoms with Crippen molar-refractivity contribution in [3.05, 3.63) is 52.2 Å². The molecule has 1 fully saturated rings. The highest BCUT2D eigenvalue weighted by atomic mass is 16.2. The van der Waals surface area contributed by atoms with Crippen molar-refractivity contribution in [1.82, 2.24) is 24.6 Å². The zero-order chi connectivity index (χ0) is 20.6. The fraction of sp³-hybridized carbons (Fsp3) is 0.524. The zero-order valence-corrected chi connectivity index (χ0v) is 16.9. The molecule has 2 aromatic rings. The van der Waals surface area contributed by atoms with Crippen molar-refractivity contribution >= 4 is 11.8 Å². The van der Waals surface area contributed by atoms with Crippen LogP contribution in [0.1, 0.15) is 24.7 Å². The number of likely N-dealkylation sites (tertiary alicyclic amines) is 1. The molecule has 29 heavy (non-hydrogen) atoms. The third-order valence-corrected chi connectivity index (χ3v) is 6.06. The molecule has 0 saturated carbocycles. The van der Waals surface area contributed by atoms with Crippen molar-refractivity contribution in [3.8, 4) is 0 Å². The molecule has 0 aliphatic carbocycles. The van der Waals surface area contributed by atoms with Gasteiger partial charge in [-0.05, 0) is 25.3 Å². The first-order valence-electron chi connectivity index (χ1n) is 10.2. The number of nitrogens with zero attached hydrogens (tertiary/aromatic N) is 4. The molecule has 1 N–H and O–H groups in total. The normalized spacial score (nSPS) is 19.9. The number of hydrogen-bond donors (Lipinski definition) is 1. The van der Waals surface area contributed by atoms with Gasteiger partial charge in [0.2, 0.25) is 11.8 Å². The van der Waals surface area contributed by atoms with Gasteiger partial charge >= 0.3 is 5.69 Å². The molecule has 3 heterocycles. The van der Waals surface area contributed by atoms with E-state index in [-0.39, 0.29) is 23.4 Å². The molecule has 1 unspecified atom stereocenters. The van der Waals surface area contributed by atoms with E-state index >= 15 is 0 Å². The Morgan fingerprint density at radius 2 is 1.97 bits per heavy atom. The van der Waals surface area contributed by atoms with Crippen LogP contribution in [-0.2, 0) is 36.0 Å². The van der Waals surface area contributed by atoms with Crippen LogP contribution < -0.4 is 11.0 Å². The molecule has 0 bridgehead atoms. The highest BCUT2D eigenvalue weighted by molar-refractivity contribution is 5.88. The lowest BCUT2D eigenvalue weighted by molar-refractivity contribution is -0.157. The van der Waals surface area contributed by atoms with Crippen LogP contribution >= 0.6 is 0 Å². The van der Waals surface area contributed by atoms with Crippen LogP contribution in [-0.4, -0.2) is 50.7 Å². The third kappa shape index (κ3) is 3.47. The number of carbonyl (C=O) groups excluding carboxylic acids is 2. The van der Waals surface area contributed by atoms with Gasteiger partial charge in [0.1, 0.15) is 5.82 Å². The molecular weight excluding hydrogens is 370 g/mol. The number of carbonyl (C=O) groups is 2. The van der Waals surface area contributed by atoms with Crippen molar-refractivity contribution < 1.29 is 9.59 Å². The summed E-state index contributed by atoms with van der Waals surface area (Å²) in [6, 6.07) is 9.92. The highest BCUT2D eigenvalue weighted by Gasteiger charge is 2.51. The highest BCUT2D eigenvalue weighted by Crippen LogP contribution is 2.36. The number of fused-ring (bicyclic) bond motifs is 1. The number of aryl methyl sites for hydroxylation is 2. The number of rotatable bonds is 5. The Hall–Kier alpha value is -2.90. The fourth-order valence-electron chi connectivity index (χ4n) is 4.51. The van der Waals surface area contributed by atoms with Gasteiger partial charge < -0.3 is 10.2 Å². The molecule has 4 rings (SSSR count). The van der Waals surface area contributed by atoms with Crippen molar-refractivity contribution in [2.45, 2.75) is 32.7 Å². The number of amides is 2. The number of hydrogen-bond acceptors (Lipinski definition) is 4. The second-order valence-corrected chi connectivity index (χ2v) is 8.17. The Morgan fingerprint density at radius 3 is 2.66 bits per heavy atom. The minimum atomic E-state index is -0.585. The second kappa shape index (κ2) is 7.50. The molecule has 0 radical (unpaired) electrons. The summed E-state index contributed by atoms with van der Waals surface area (Å²) in [6.07, 6.45) is 1.91. The maximum Gasteiger partial charge on any atom is 0.345 e. The molecule has 1 aromatic carbocycles. The average molecular weight is 397 g/mol. The molecule has 2 amide bonds. The summed E-state index contributed by atoms with van der Waals surface area (Å²) in [6.45, 7) is 3.67. The van der Waals surface area contributed by atoms with Crippen molar-refractivity contribution in [2.75, 3.05) is 19.6 Å². The Labute approximate surface area is 169 Å². The number of nitrogens with one attached hydrogen (secondary N) is 1. The van der Waals surface area contributed by atoms with Gasteiger partial charge in [-0.25, -0.2) is 9.48 Å². The summed E-state index contributed by atoms with van der Waals surface area (Å²) in [5, 5.41) is 7.16. The quantitative estimate of drug-likeness (QED) is 0.789. The Kier molecular flexibility index (Phi) is 5.02. The van der Waals surface area contributed by atoms with Crippen LogP contribution in [0.4, 0.5) is 0 Å². The van der Waals surface area contributed by atoms with E-state index in [1.165, 1.54) is 4.68 Å². The first kappa shape index (κ1) is 19.4. The first-order valence-corrected chi connectivity index (χ1v) is 10.2. The molecule has 1 atom stereocenters. The van der Waals surface area contributed by atoms with Crippen LogP contribution in [0.5, 0.6) is 0 Å². The van der Waals surface area contributed by atoms with Gasteiger partial charge in [-0.1, -0.05) is 30.3 Å². The van der Waals surface area contributed by atoms with Gasteiger partial charge in [0, 0.05) is 39.6 Å². The van der Waals surface area contributed by atoms with Crippen molar-refractivity contribution in [1.29, 1.82) is 0 Å². The van der Waals surface area contributed by atoms with Gasteiger partial charge in [0.15, 0.2) is 0 Å². The lowest BCUT2D eigenvalue weighted by atomic mass is 9.73. The molecule has 2 aliphatic heterocycles. The van der Waals surface area contributed by atoms with Crippen molar-refractivity contribution in [3.63, 3.8) is 0 Å². The Balaban J connectivity index is 1.47. The minimum absolute atomic E-state index is 0.00214. The molecule has 8 heteroatoms. The minimum Gasteiger partial charge on any atom is -0.356 e. The van der Waals surface area contributed by atoms with E-state index in [2.05, 4.69) is 10.4 Å². The van der Waals surface area contributed by atoms with E-state index in [9.17, 15) is 14.4 Å². The van der Waals surface area contributed by atoms with Crippen LogP contribution in [0, 0.1) is 11.3 Å². The Morgan fingerprint density at radius 1 is 1.24 bits per heavy atom. The number of benzene rings is 1. The van der Waals surface area contributed by atoms with Crippen LogP contribution in [0.2, 0.25) is 0 Å². The molecule has 2 aliphatic rings. The third-order valence-electron chi connectivity index (χ3n) is 6.06. The van der Waals surface area contributed by atoms with E-state index in [1.54, 1.807) is 16.5 Å². The summed E-state index contributed by atoms with van der Waals surface area (Å²) in [5.74, 6) is 0.529. The van der Waals surface area contributed by atoms with Gasteiger partial charge in [0.25, 0.3) is 0 Å². The Bertz CT molecular complexity index is 972. The van der Waals surface area contributed by atoms with Crippen LogP contribution in [0.25, 0.3) is 0 Å². The second-order valence-electron chi connectivity index (χ2n) is 8.17. The summed E-state index contributed by atoms with van der Waals surface area (Å²) in [5.41, 5.74) is 0.328. The van der Waals surface area contributed by atoms with Crippen molar-refractivity contribution in [2.24, 2.45) is 18.4 Å². The molecular formula is C21H27N5O3. The average Bonchev–Trinajstić information content (AvgIpc) is 2.98. The smallest absolute Gasteiger partial charge is 0.345 e. The predicted molar refractivity (Wildman–Crippen MR) is 107 cm³/mol. The maximum atomic E-state index is 13.1. The summed E-state index contributed by atoms with van der Waals surface area (Å²) < 4.78 is 2.93. The van der Waals surface area contributed by atoms with Gasteiger partial charge in [-0.15, -0.1) is 0 Å². The van der Waals surface area contributed by atoms with E-state index in [0.717, 1.165) is 11.4 Å². The largest absolute Gasteiger partial charge is 0.356 e. The predicted octanol–water partition coefficient (Wildman–Crippen LogP) is 0.352. The molecule has 1 saturated heterocycles. The van der Waals surface area contributed by atoms with E-state index in [4.69, 9.17) is 0 Å². The fourth-order valence-corrected chi connectivity index (χ4v) is 4.51. The van der Waals surface area contributed by atoms with Gasteiger partial charge in [-0.2, -0.15) is 5.10 Å². The van der Waals surface area contributed by atoms with E-state index < -0.39 is 5.41 Å². The standard InChI is InChI=1S/C21H27N5O3/c1-3-22-19(28)21(11-15-7-5-4-6-8-15)13-25(14-21)18(27)16-9-10-17-23-24(2)20(29)26(17)12-16/h4-8,16H,3,9-14H2,1-2H3,(H,22,28). The topological polar surface area (TPSA) is 89.2 Å². The molecule has 8 nitrogen and oxygen atoms in total. The number of aromatic nitrogens is 3. The monoisotopic (exact) mass is 397 g/mol. The van der Waals surface area contributed by atoms with Crippen LogP contribution in [0.15, 0.2) is 35.1 Å². The lowest BCUT2D eigenvalue weighted by Gasteiger charge is -2.50. The molecule has 1 aromatic heterocycles. The maximum absolute atomic E-state index is 13.1. The van der Waals surface area contributed by atoms with Crippen LogP contribution in [0.3, 0.4) is 0 Å². The summed E-state index contributed by atoms with van der Waals surface area (Å²) in [4.78, 5) is 39.8. The zero-order valence-electron chi connectivity index (χ0n) is 16.9. The van der Waals surface area contributed by atoms with Gasteiger partial charge in [0.05, 0.1) is 11.3 Å². The summed E-state index contributed by atoms with van der Waals surface area (Å²) in [7, 11) is 1.63. The summed E-state index contributed by atoms with van der Waals surface area (Å²) >= 11 is 0. The van der Waals surface area contributed by atoms with E-state index in [0.29, 0.717) is 45.4 Å². The van der Waals surface area contributed by atoms with Gasteiger partial charge in [-0.3, -0.25) is 14.2 Å². The van der Waals surface area contributed by atoms with E-state index in [1.807, 2.05) is 37.3 Å². The lowest BCUT2D eigenvalue weighted by Crippen LogP contribution is -2.66.